The number of nitrogens with zero attached hydrogens (tertiary/aromatic N) is 4. The number of rotatable bonds is 8. The molecule has 0 fully saturated rings. The Morgan fingerprint density at radius 2 is 1.66 bits per heavy atom. The highest BCUT2D eigenvalue weighted by molar-refractivity contribution is 8.04. The summed E-state index contributed by atoms with van der Waals surface area (Å²) in [7, 11) is 0. The van der Waals surface area contributed by atoms with Crippen molar-refractivity contribution in [2.45, 2.75) is 6.04 Å². The minimum absolute atomic E-state index is 0.156. The van der Waals surface area contributed by atoms with Gasteiger partial charge in [0.2, 0.25) is 0 Å². The molecule has 1 aliphatic carbocycles. The number of H-pyrrole nitrogens is 1. The summed E-state index contributed by atoms with van der Waals surface area (Å²) in [5, 5.41) is 17.6. The highest BCUT2D eigenvalue weighted by Gasteiger charge is 2.27. The summed E-state index contributed by atoms with van der Waals surface area (Å²) < 4.78 is 0. The smallest absolute Gasteiger partial charge is 0.258 e. The normalized spacial score (nSPS) is 16.0. The van der Waals surface area contributed by atoms with Crippen molar-refractivity contribution in [3.05, 3.63) is 94.2 Å². The Morgan fingerprint density at radius 1 is 0.943 bits per heavy atom. The SMILES string of the molecule is O=C1C=C(SCCNC(c2ccc(N3C(=O)C=CC3=O)cc2)c2nn[nH]n2)C(=O)c2ccccc21. The third kappa shape index (κ3) is 4.46. The van der Waals surface area contributed by atoms with Gasteiger partial charge in [-0.25, -0.2) is 4.90 Å². The second-order valence-corrected chi connectivity index (χ2v) is 8.83. The number of fused-ring (bicyclic) bond motifs is 1. The van der Waals surface area contributed by atoms with Crippen LogP contribution in [0.15, 0.2) is 71.7 Å². The molecular weight excluding hydrogens is 468 g/mol. The van der Waals surface area contributed by atoms with E-state index in [2.05, 4.69) is 25.9 Å². The van der Waals surface area contributed by atoms with Crippen LogP contribution in [0.1, 0.15) is 38.1 Å². The monoisotopic (exact) mass is 486 g/mol. The van der Waals surface area contributed by atoms with Gasteiger partial charge in [0.1, 0.15) is 0 Å². The summed E-state index contributed by atoms with van der Waals surface area (Å²) in [6.07, 6.45) is 3.85. The molecule has 2 N–H and O–H groups in total. The lowest BCUT2D eigenvalue weighted by Gasteiger charge is -2.19. The van der Waals surface area contributed by atoms with Gasteiger partial charge in [0, 0.05) is 41.7 Å². The van der Waals surface area contributed by atoms with Gasteiger partial charge in [-0.2, -0.15) is 5.21 Å². The molecule has 5 rings (SSSR count). The number of hydrogen-bond acceptors (Lipinski definition) is 9. The van der Waals surface area contributed by atoms with Crippen LogP contribution in [0.25, 0.3) is 0 Å². The fourth-order valence-electron chi connectivity index (χ4n) is 3.88. The standard InChI is InChI=1S/C24H18N6O4S/c31-18-13-19(23(34)17-4-2-1-3-16(17)18)35-12-11-25-22(24-26-28-29-27-24)14-5-7-15(8-6-14)30-20(32)9-10-21(30)33/h1-10,13,22,25H,11-12H2,(H,26,27,28,29). The number of hydrogen-bond donors (Lipinski definition) is 2. The van der Waals surface area contributed by atoms with Crippen LogP contribution in [0.3, 0.4) is 0 Å². The van der Waals surface area contributed by atoms with Crippen LogP contribution in [0.2, 0.25) is 0 Å². The molecule has 11 heteroatoms. The highest BCUT2D eigenvalue weighted by Crippen LogP contribution is 2.29. The fourth-order valence-corrected chi connectivity index (χ4v) is 4.75. The predicted molar refractivity (Wildman–Crippen MR) is 128 cm³/mol. The Kier molecular flexibility index (Phi) is 6.17. The number of carbonyl (C=O) groups excluding carboxylic acids is 4. The van der Waals surface area contributed by atoms with Gasteiger partial charge in [-0.3, -0.25) is 19.2 Å². The third-order valence-electron chi connectivity index (χ3n) is 5.55. The van der Waals surface area contributed by atoms with Crippen LogP contribution in [0, 0.1) is 0 Å². The van der Waals surface area contributed by atoms with E-state index in [1.165, 1.54) is 30.0 Å². The molecule has 0 saturated carbocycles. The topological polar surface area (TPSA) is 138 Å². The van der Waals surface area contributed by atoms with Crippen molar-refractivity contribution in [3.63, 3.8) is 0 Å². The third-order valence-corrected chi connectivity index (χ3v) is 6.57. The van der Waals surface area contributed by atoms with Crippen LogP contribution in [0.4, 0.5) is 5.69 Å². The van der Waals surface area contributed by atoms with E-state index in [0.717, 1.165) is 10.5 Å². The molecule has 35 heavy (non-hydrogen) atoms. The molecule has 0 bridgehead atoms. The van der Waals surface area contributed by atoms with E-state index in [4.69, 9.17) is 0 Å². The number of imide groups is 1. The van der Waals surface area contributed by atoms with Gasteiger partial charge in [-0.1, -0.05) is 41.6 Å². The quantitative estimate of drug-likeness (QED) is 0.362. The largest absolute Gasteiger partial charge is 0.303 e. The van der Waals surface area contributed by atoms with Crippen molar-refractivity contribution in [2.75, 3.05) is 17.2 Å². The van der Waals surface area contributed by atoms with Crippen LogP contribution in [-0.4, -0.2) is 56.3 Å². The molecule has 1 unspecified atom stereocenters. The molecule has 2 amide bonds. The molecule has 0 saturated heterocycles. The lowest BCUT2D eigenvalue weighted by molar-refractivity contribution is -0.119. The highest BCUT2D eigenvalue weighted by atomic mass is 32.2. The summed E-state index contributed by atoms with van der Waals surface area (Å²) in [5.41, 5.74) is 2.10. The van der Waals surface area contributed by atoms with Gasteiger partial charge in [0.25, 0.3) is 11.8 Å². The Hall–Kier alpha value is -4.22. The van der Waals surface area contributed by atoms with Crippen molar-refractivity contribution in [1.29, 1.82) is 0 Å². The second-order valence-electron chi connectivity index (χ2n) is 7.69. The number of ketones is 2. The summed E-state index contributed by atoms with van der Waals surface area (Å²) in [6, 6.07) is 13.3. The summed E-state index contributed by atoms with van der Waals surface area (Å²) in [6.45, 7) is 0.471. The number of benzene rings is 2. The lowest BCUT2D eigenvalue weighted by Crippen LogP contribution is -2.30. The van der Waals surface area contributed by atoms with E-state index in [9.17, 15) is 19.2 Å². The van der Waals surface area contributed by atoms with E-state index in [0.29, 0.717) is 39.8 Å². The van der Waals surface area contributed by atoms with Gasteiger partial charge < -0.3 is 5.32 Å². The van der Waals surface area contributed by atoms with Gasteiger partial charge >= 0.3 is 0 Å². The minimum atomic E-state index is -0.426. The Labute approximate surface area is 203 Å². The zero-order chi connectivity index (χ0) is 24.4. The van der Waals surface area contributed by atoms with E-state index >= 15 is 0 Å². The number of aromatic amines is 1. The average molecular weight is 487 g/mol. The molecule has 3 aromatic rings. The first-order valence-corrected chi connectivity index (χ1v) is 11.7. The van der Waals surface area contributed by atoms with E-state index in [-0.39, 0.29) is 23.4 Å². The molecule has 10 nitrogen and oxygen atoms in total. The van der Waals surface area contributed by atoms with Gasteiger partial charge in [0.15, 0.2) is 17.4 Å². The fraction of sp³-hybridized carbons (Fsp3) is 0.125. The van der Waals surface area contributed by atoms with Crippen molar-refractivity contribution < 1.29 is 19.2 Å². The number of nitrogens with one attached hydrogen (secondary N) is 2. The Morgan fingerprint density at radius 3 is 2.34 bits per heavy atom. The van der Waals surface area contributed by atoms with Crippen molar-refractivity contribution in [2.24, 2.45) is 0 Å². The van der Waals surface area contributed by atoms with Crippen LogP contribution < -0.4 is 10.2 Å². The number of anilines is 1. The van der Waals surface area contributed by atoms with Gasteiger partial charge in [-0.15, -0.1) is 22.0 Å². The zero-order valence-corrected chi connectivity index (χ0v) is 19.0. The Balaban J connectivity index is 1.25. The first-order chi connectivity index (χ1) is 17.0. The zero-order valence-electron chi connectivity index (χ0n) is 18.2. The molecule has 1 aromatic heterocycles. The molecule has 0 spiro atoms. The van der Waals surface area contributed by atoms with Crippen LogP contribution >= 0.6 is 11.8 Å². The number of tetrazole rings is 1. The number of thioether (sulfide) groups is 1. The molecule has 174 valence electrons. The number of allylic oxidation sites excluding steroid dienone is 2. The first-order valence-electron chi connectivity index (χ1n) is 10.7. The molecule has 2 aromatic carbocycles. The van der Waals surface area contributed by atoms with E-state index in [1.54, 1.807) is 48.5 Å². The van der Waals surface area contributed by atoms with Crippen molar-refractivity contribution in [1.82, 2.24) is 25.9 Å². The summed E-state index contributed by atoms with van der Waals surface area (Å²) in [4.78, 5) is 50.4. The predicted octanol–water partition coefficient (Wildman–Crippen LogP) is 2.00. The van der Waals surface area contributed by atoms with Gasteiger partial charge in [0.05, 0.1) is 16.6 Å². The molecule has 2 aliphatic rings. The van der Waals surface area contributed by atoms with E-state index < -0.39 is 6.04 Å². The molecule has 1 atom stereocenters. The average Bonchev–Trinajstić information content (AvgIpc) is 3.52. The first kappa shape index (κ1) is 22.6. The lowest BCUT2D eigenvalue weighted by atomic mass is 9.95. The van der Waals surface area contributed by atoms with Crippen LogP contribution in [-0.2, 0) is 9.59 Å². The van der Waals surface area contributed by atoms with Crippen molar-refractivity contribution >= 4 is 40.8 Å². The minimum Gasteiger partial charge on any atom is -0.303 e. The Bertz CT molecular complexity index is 1360. The molecular formula is C24H18N6O4S. The van der Waals surface area contributed by atoms with Gasteiger partial charge in [-0.05, 0) is 17.7 Å². The van der Waals surface area contributed by atoms with Crippen LogP contribution in [0.5, 0.6) is 0 Å². The molecule has 2 heterocycles. The maximum absolute atomic E-state index is 12.7. The maximum Gasteiger partial charge on any atom is 0.258 e. The molecule has 0 radical (unpaired) electrons. The number of carbonyl (C=O) groups is 4. The number of aromatic nitrogens is 4. The summed E-state index contributed by atoms with van der Waals surface area (Å²) in [5.74, 6) is -0.181. The van der Waals surface area contributed by atoms with E-state index in [1.807, 2.05) is 0 Å². The summed E-state index contributed by atoms with van der Waals surface area (Å²) >= 11 is 1.30. The van der Waals surface area contributed by atoms with Crippen molar-refractivity contribution in [3.8, 4) is 0 Å². The maximum atomic E-state index is 12.7. The molecule has 1 aliphatic heterocycles. The number of Topliss-reactive ketones (excluding diaryl/α,β-unsaturated/α-hetero) is 1. The second kappa shape index (κ2) is 9.57. The number of amides is 2.